The fourth-order valence-corrected chi connectivity index (χ4v) is 1.82. The van der Waals surface area contributed by atoms with E-state index in [1.807, 2.05) is 0 Å². The van der Waals surface area contributed by atoms with Crippen LogP contribution in [0.15, 0.2) is 30.6 Å². The Bertz CT molecular complexity index is 636. The average molecular weight is 301 g/mol. The van der Waals surface area contributed by atoms with Crippen LogP contribution in [0.1, 0.15) is 22.7 Å². The van der Waals surface area contributed by atoms with Gasteiger partial charge in [0.25, 0.3) is 5.91 Å². The van der Waals surface area contributed by atoms with Crippen LogP contribution >= 0.6 is 0 Å². The summed E-state index contributed by atoms with van der Waals surface area (Å²) in [4.78, 5) is 16.6. The summed E-state index contributed by atoms with van der Waals surface area (Å²) in [6, 6.07) is 3.03. The quantitative estimate of drug-likeness (QED) is 0.814. The van der Waals surface area contributed by atoms with Crippen molar-refractivity contribution in [3.63, 3.8) is 0 Å². The van der Waals surface area contributed by atoms with Crippen molar-refractivity contribution < 1.29 is 22.4 Å². The first kappa shape index (κ1) is 15.0. The van der Waals surface area contributed by atoms with Crippen molar-refractivity contribution in [3.05, 3.63) is 53.6 Å². The number of carbonyl (C=O) groups is 1. The molecule has 1 aromatic heterocycles. The van der Waals surface area contributed by atoms with Gasteiger partial charge in [-0.15, -0.1) is 0 Å². The molecule has 112 valence electrons. The molecule has 1 heterocycles. The van der Waals surface area contributed by atoms with Crippen LogP contribution in [-0.2, 0) is 6.54 Å². The number of benzene rings is 1. The molecule has 0 spiro atoms. The van der Waals surface area contributed by atoms with Crippen molar-refractivity contribution in [1.29, 1.82) is 0 Å². The SMILES string of the molecule is CN(Cc1nccn1C(F)F)C(=O)c1c(F)cccc1F. The van der Waals surface area contributed by atoms with Gasteiger partial charge in [0.1, 0.15) is 23.0 Å². The van der Waals surface area contributed by atoms with Gasteiger partial charge in [0.2, 0.25) is 0 Å². The molecule has 0 fully saturated rings. The normalized spacial score (nSPS) is 11.0. The zero-order valence-electron chi connectivity index (χ0n) is 10.9. The summed E-state index contributed by atoms with van der Waals surface area (Å²) in [6.07, 6.45) is 2.21. The first-order valence-electron chi connectivity index (χ1n) is 5.91. The molecule has 0 atom stereocenters. The molecule has 2 aromatic rings. The van der Waals surface area contributed by atoms with E-state index in [1.165, 1.54) is 7.05 Å². The predicted molar refractivity (Wildman–Crippen MR) is 65.6 cm³/mol. The molecule has 0 aliphatic carbocycles. The van der Waals surface area contributed by atoms with Crippen molar-refractivity contribution in [3.8, 4) is 0 Å². The third-order valence-electron chi connectivity index (χ3n) is 2.86. The number of hydrogen-bond acceptors (Lipinski definition) is 2. The van der Waals surface area contributed by atoms with E-state index in [2.05, 4.69) is 4.98 Å². The van der Waals surface area contributed by atoms with Gasteiger partial charge < -0.3 is 4.90 Å². The molecule has 0 bridgehead atoms. The van der Waals surface area contributed by atoms with E-state index in [0.717, 1.165) is 35.5 Å². The maximum Gasteiger partial charge on any atom is 0.319 e. The van der Waals surface area contributed by atoms with E-state index in [0.29, 0.717) is 4.57 Å². The Balaban J connectivity index is 2.22. The van der Waals surface area contributed by atoms with Crippen LogP contribution < -0.4 is 0 Å². The number of amides is 1. The second-order valence-corrected chi connectivity index (χ2v) is 4.29. The average Bonchev–Trinajstić information content (AvgIpc) is 2.86. The predicted octanol–water partition coefficient (Wildman–Crippen LogP) is 2.83. The second kappa shape index (κ2) is 5.94. The highest BCUT2D eigenvalue weighted by Gasteiger charge is 2.22. The Morgan fingerprint density at radius 2 is 1.95 bits per heavy atom. The van der Waals surface area contributed by atoms with Gasteiger partial charge in [-0.2, -0.15) is 8.78 Å². The van der Waals surface area contributed by atoms with Gasteiger partial charge in [-0.1, -0.05) is 6.07 Å². The lowest BCUT2D eigenvalue weighted by molar-refractivity contribution is 0.0610. The number of aromatic nitrogens is 2. The number of nitrogens with zero attached hydrogens (tertiary/aromatic N) is 3. The maximum absolute atomic E-state index is 13.5. The number of hydrogen-bond donors (Lipinski definition) is 0. The highest BCUT2D eigenvalue weighted by atomic mass is 19.3. The summed E-state index contributed by atoms with van der Waals surface area (Å²) in [6.45, 7) is -3.11. The van der Waals surface area contributed by atoms with Crippen LogP contribution in [0, 0.1) is 11.6 Å². The first-order chi connectivity index (χ1) is 9.91. The molecule has 0 aliphatic heterocycles. The molecule has 0 saturated heterocycles. The zero-order valence-corrected chi connectivity index (χ0v) is 10.9. The van der Waals surface area contributed by atoms with E-state index in [1.54, 1.807) is 0 Å². The van der Waals surface area contributed by atoms with Gasteiger partial charge in [0.15, 0.2) is 0 Å². The minimum absolute atomic E-state index is 0.0856. The molecule has 21 heavy (non-hydrogen) atoms. The summed E-state index contributed by atoms with van der Waals surface area (Å²) in [5.74, 6) is -3.06. The molecule has 0 N–H and O–H groups in total. The van der Waals surface area contributed by atoms with Crippen LogP contribution in [-0.4, -0.2) is 27.4 Å². The summed E-state index contributed by atoms with van der Waals surface area (Å²) in [7, 11) is 1.25. The molecule has 0 aliphatic rings. The van der Waals surface area contributed by atoms with E-state index >= 15 is 0 Å². The van der Waals surface area contributed by atoms with E-state index in [9.17, 15) is 22.4 Å². The largest absolute Gasteiger partial charge is 0.334 e. The summed E-state index contributed by atoms with van der Waals surface area (Å²) < 4.78 is 52.9. The lowest BCUT2D eigenvalue weighted by Gasteiger charge is -2.18. The third-order valence-corrected chi connectivity index (χ3v) is 2.86. The van der Waals surface area contributed by atoms with E-state index in [-0.39, 0.29) is 12.4 Å². The summed E-state index contributed by atoms with van der Waals surface area (Å²) >= 11 is 0. The smallest absolute Gasteiger partial charge is 0.319 e. The Morgan fingerprint density at radius 1 is 1.33 bits per heavy atom. The third kappa shape index (κ3) is 3.04. The fourth-order valence-electron chi connectivity index (χ4n) is 1.82. The number of alkyl halides is 2. The molecule has 0 radical (unpaired) electrons. The Hall–Kier alpha value is -2.38. The highest BCUT2D eigenvalue weighted by molar-refractivity contribution is 5.94. The molecular formula is C13H11F4N3O. The lowest BCUT2D eigenvalue weighted by atomic mass is 10.1. The Morgan fingerprint density at radius 3 is 2.52 bits per heavy atom. The molecule has 1 amide bonds. The molecular weight excluding hydrogens is 290 g/mol. The number of rotatable bonds is 4. The van der Waals surface area contributed by atoms with Crippen molar-refractivity contribution in [1.82, 2.24) is 14.5 Å². The molecule has 0 saturated carbocycles. The van der Waals surface area contributed by atoms with Crippen LogP contribution in [0.2, 0.25) is 0 Å². The van der Waals surface area contributed by atoms with Gasteiger partial charge in [-0.05, 0) is 12.1 Å². The summed E-state index contributed by atoms with van der Waals surface area (Å²) in [5.41, 5.74) is -0.727. The lowest BCUT2D eigenvalue weighted by Crippen LogP contribution is -2.29. The number of halogens is 4. The molecule has 1 aromatic carbocycles. The van der Waals surface area contributed by atoms with Crippen molar-refractivity contribution in [2.24, 2.45) is 0 Å². The molecule has 2 rings (SSSR count). The Kier molecular flexibility index (Phi) is 4.25. The minimum atomic E-state index is -2.81. The van der Waals surface area contributed by atoms with Crippen molar-refractivity contribution in [2.75, 3.05) is 7.05 Å². The highest BCUT2D eigenvalue weighted by Crippen LogP contribution is 2.17. The van der Waals surface area contributed by atoms with E-state index in [4.69, 9.17) is 0 Å². The van der Waals surface area contributed by atoms with Crippen molar-refractivity contribution in [2.45, 2.75) is 13.1 Å². The maximum atomic E-state index is 13.5. The number of carbonyl (C=O) groups excluding carboxylic acids is 1. The minimum Gasteiger partial charge on any atom is -0.334 e. The van der Waals surface area contributed by atoms with Gasteiger partial charge >= 0.3 is 6.55 Å². The standard InChI is InChI=1S/C13H11F4N3O/c1-19(7-10-18-5-6-20(10)13(16)17)12(21)11-8(14)3-2-4-9(11)15/h2-6,13H,7H2,1H3. The molecule has 4 nitrogen and oxygen atoms in total. The van der Waals surface area contributed by atoms with Gasteiger partial charge in [-0.25, -0.2) is 13.8 Å². The van der Waals surface area contributed by atoms with Gasteiger partial charge in [0, 0.05) is 19.4 Å². The monoisotopic (exact) mass is 301 g/mol. The first-order valence-corrected chi connectivity index (χ1v) is 5.91. The van der Waals surface area contributed by atoms with E-state index < -0.39 is 29.7 Å². The molecule has 8 heteroatoms. The summed E-state index contributed by atoms with van der Waals surface area (Å²) in [5, 5.41) is 0. The zero-order chi connectivity index (χ0) is 15.6. The topological polar surface area (TPSA) is 38.1 Å². The van der Waals surface area contributed by atoms with Gasteiger partial charge in [0.05, 0.1) is 6.54 Å². The second-order valence-electron chi connectivity index (χ2n) is 4.29. The van der Waals surface area contributed by atoms with Crippen LogP contribution in [0.3, 0.4) is 0 Å². The van der Waals surface area contributed by atoms with Crippen LogP contribution in [0.5, 0.6) is 0 Å². The fraction of sp³-hybridized carbons (Fsp3) is 0.231. The van der Waals surface area contributed by atoms with Crippen LogP contribution in [0.25, 0.3) is 0 Å². The number of imidazole rings is 1. The van der Waals surface area contributed by atoms with Crippen LogP contribution in [0.4, 0.5) is 17.6 Å². The molecule has 0 unspecified atom stereocenters. The van der Waals surface area contributed by atoms with Gasteiger partial charge in [-0.3, -0.25) is 9.36 Å². The Labute approximate surface area is 117 Å². The van der Waals surface area contributed by atoms with Crippen molar-refractivity contribution >= 4 is 5.91 Å².